The van der Waals surface area contributed by atoms with Gasteiger partial charge in [-0.2, -0.15) is 0 Å². The molecule has 4 unspecified atom stereocenters. The second kappa shape index (κ2) is 64.4. The number of hydrogen-bond donors (Lipinski definition) is 3. The summed E-state index contributed by atoms with van der Waals surface area (Å²) in [4.78, 5) is 72.8. The molecule has 0 amide bonds. The van der Waals surface area contributed by atoms with Crippen LogP contribution in [-0.4, -0.2) is 96.7 Å². The number of phosphoric acid groups is 2. The first-order valence-electron chi connectivity index (χ1n) is 38.8. The highest BCUT2D eigenvalue weighted by Crippen LogP contribution is 2.45. The van der Waals surface area contributed by atoms with Gasteiger partial charge in [0.15, 0.2) is 12.2 Å². The van der Waals surface area contributed by atoms with Crippen LogP contribution in [0.15, 0.2) is 0 Å². The normalized spacial score (nSPS) is 14.7. The van der Waals surface area contributed by atoms with E-state index in [1.807, 2.05) is 0 Å². The first kappa shape index (κ1) is 92.1. The van der Waals surface area contributed by atoms with Gasteiger partial charge in [0.25, 0.3) is 0 Å². The van der Waals surface area contributed by atoms with Gasteiger partial charge in [0, 0.05) is 25.7 Å². The van der Waals surface area contributed by atoms with Crippen LogP contribution in [0.3, 0.4) is 0 Å². The van der Waals surface area contributed by atoms with Crippen molar-refractivity contribution < 1.29 is 80.2 Å². The molecule has 558 valence electrons. The molecule has 0 radical (unpaired) electrons. The number of rotatable bonds is 72. The van der Waals surface area contributed by atoms with Gasteiger partial charge in [-0.05, 0) is 49.4 Å². The lowest BCUT2D eigenvalue weighted by Crippen LogP contribution is -2.30. The first-order valence-corrected chi connectivity index (χ1v) is 41.8. The quantitative estimate of drug-likeness (QED) is 0.0222. The number of carbonyl (C=O) groups is 4. The third kappa shape index (κ3) is 66.0. The molecule has 0 aromatic carbocycles. The highest BCUT2D eigenvalue weighted by Gasteiger charge is 2.30. The van der Waals surface area contributed by atoms with E-state index in [9.17, 15) is 43.2 Å². The van der Waals surface area contributed by atoms with Crippen LogP contribution in [0, 0.1) is 23.7 Å². The summed E-state index contributed by atoms with van der Waals surface area (Å²) in [5, 5.41) is 10.6. The van der Waals surface area contributed by atoms with Gasteiger partial charge in [-0.3, -0.25) is 37.3 Å². The summed E-state index contributed by atoms with van der Waals surface area (Å²) in [7, 11) is -9.91. The average molecular weight is 1380 g/mol. The predicted molar refractivity (Wildman–Crippen MR) is 381 cm³/mol. The Labute approximate surface area is 575 Å². The number of aliphatic hydroxyl groups excluding tert-OH is 1. The first-order chi connectivity index (χ1) is 45.2. The van der Waals surface area contributed by atoms with E-state index in [1.165, 1.54) is 173 Å². The van der Waals surface area contributed by atoms with Gasteiger partial charge in [0.05, 0.1) is 26.4 Å². The average Bonchev–Trinajstić information content (AvgIpc) is 1.67. The van der Waals surface area contributed by atoms with E-state index in [0.717, 1.165) is 120 Å². The summed E-state index contributed by atoms with van der Waals surface area (Å²) in [6.07, 6.45) is 48.4. The molecule has 0 saturated carbocycles. The van der Waals surface area contributed by atoms with Crippen molar-refractivity contribution in [2.24, 2.45) is 23.7 Å². The molecule has 0 fully saturated rings. The van der Waals surface area contributed by atoms with Gasteiger partial charge < -0.3 is 33.8 Å². The van der Waals surface area contributed by atoms with E-state index in [2.05, 4.69) is 55.4 Å². The number of aliphatic hydroxyl groups is 1. The van der Waals surface area contributed by atoms with Crippen molar-refractivity contribution >= 4 is 39.5 Å². The number of carbonyl (C=O) groups excluding carboxylic acids is 4. The molecular formula is C75H146O17P2. The molecular weight excluding hydrogens is 1230 g/mol. The van der Waals surface area contributed by atoms with Crippen LogP contribution in [0.25, 0.3) is 0 Å². The molecule has 19 heteroatoms. The van der Waals surface area contributed by atoms with E-state index in [1.54, 1.807) is 0 Å². The molecule has 0 bridgehead atoms. The minimum atomic E-state index is -4.96. The Morgan fingerprint density at radius 2 is 0.511 bits per heavy atom. The van der Waals surface area contributed by atoms with Crippen molar-refractivity contribution in [2.75, 3.05) is 39.6 Å². The smallest absolute Gasteiger partial charge is 0.462 e. The molecule has 0 heterocycles. The molecule has 0 spiro atoms. The zero-order valence-corrected chi connectivity index (χ0v) is 63.4. The van der Waals surface area contributed by atoms with Crippen LogP contribution >= 0.6 is 15.6 Å². The molecule has 0 aliphatic rings. The van der Waals surface area contributed by atoms with E-state index in [0.29, 0.717) is 25.7 Å². The third-order valence-electron chi connectivity index (χ3n) is 18.0. The van der Waals surface area contributed by atoms with Crippen LogP contribution in [0.2, 0.25) is 0 Å². The fourth-order valence-corrected chi connectivity index (χ4v) is 12.9. The Morgan fingerprint density at radius 1 is 0.298 bits per heavy atom. The maximum Gasteiger partial charge on any atom is 0.472 e. The molecule has 94 heavy (non-hydrogen) atoms. The summed E-state index contributed by atoms with van der Waals surface area (Å²) >= 11 is 0. The van der Waals surface area contributed by atoms with Gasteiger partial charge in [-0.25, -0.2) is 9.13 Å². The molecule has 0 aromatic rings. The zero-order chi connectivity index (χ0) is 69.6. The second-order valence-corrected chi connectivity index (χ2v) is 31.4. The number of hydrogen-bond acceptors (Lipinski definition) is 15. The van der Waals surface area contributed by atoms with E-state index < -0.39 is 97.5 Å². The molecule has 17 nitrogen and oxygen atoms in total. The molecule has 0 aliphatic carbocycles. The lowest BCUT2D eigenvalue weighted by atomic mass is 9.99. The minimum Gasteiger partial charge on any atom is -0.462 e. The number of unbranched alkanes of at least 4 members (excludes halogenated alkanes) is 36. The topological polar surface area (TPSA) is 237 Å². The zero-order valence-electron chi connectivity index (χ0n) is 61.6. The molecule has 0 saturated heterocycles. The monoisotopic (exact) mass is 1380 g/mol. The van der Waals surface area contributed by atoms with E-state index >= 15 is 0 Å². The van der Waals surface area contributed by atoms with Crippen molar-refractivity contribution in [1.82, 2.24) is 0 Å². The van der Waals surface area contributed by atoms with Crippen LogP contribution in [0.1, 0.15) is 376 Å². The molecule has 3 N–H and O–H groups in total. The van der Waals surface area contributed by atoms with Crippen LogP contribution in [-0.2, 0) is 65.4 Å². The summed E-state index contributed by atoms with van der Waals surface area (Å²) in [6.45, 7) is 14.2. The largest absolute Gasteiger partial charge is 0.472 e. The highest BCUT2D eigenvalue weighted by molar-refractivity contribution is 7.47. The Hall–Kier alpha value is -1.94. The molecule has 0 aromatic heterocycles. The minimum absolute atomic E-state index is 0.105. The van der Waals surface area contributed by atoms with Gasteiger partial charge in [0.1, 0.15) is 19.3 Å². The predicted octanol–water partition coefficient (Wildman–Crippen LogP) is 21.7. The van der Waals surface area contributed by atoms with E-state index in [-0.39, 0.29) is 25.7 Å². The fraction of sp³-hybridized carbons (Fsp3) is 0.947. The summed E-state index contributed by atoms with van der Waals surface area (Å²) in [6, 6.07) is 0. The molecule has 0 rings (SSSR count). The summed E-state index contributed by atoms with van der Waals surface area (Å²) in [5.74, 6) is 0.970. The van der Waals surface area contributed by atoms with Crippen LogP contribution in [0.5, 0.6) is 0 Å². The van der Waals surface area contributed by atoms with Crippen LogP contribution < -0.4 is 0 Å². The summed E-state index contributed by atoms with van der Waals surface area (Å²) < 4.78 is 68.5. The maximum absolute atomic E-state index is 13.1. The maximum atomic E-state index is 13.1. The second-order valence-electron chi connectivity index (χ2n) is 28.5. The van der Waals surface area contributed by atoms with Gasteiger partial charge in [-0.15, -0.1) is 0 Å². The Morgan fingerprint density at radius 3 is 0.755 bits per heavy atom. The summed E-state index contributed by atoms with van der Waals surface area (Å²) in [5.41, 5.74) is 0. The fourth-order valence-electron chi connectivity index (χ4n) is 11.3. The highest BCUT2D eigenvalue weighted by atomic mass is 31.2. The third-order valence-corrected chi connectivity index (χ3v) is 19.9. The van der Waals surface area contributed by atoms with Crippen molar-refractivity contribution in [2.45, 2.75) is 395 Å². The standard InChI is InChI=1S/C75H146O17P2/c1-9-67(7)53-45-37-29-23-19-20-24-30-39-47-55-72(77)85-61-70(91-74(79)57-49-41-31-25-17-13-11-12-15-21-27-35-43-51-65(3)4)63-89-93(81,82)87-59-69(76)60-88-94(83,84)90-64-71(62-86-73(78)56-48-40-34-33-38-46-54-68(8)10-2)92-75(80)58-50-42-32-26-18-14-16-22-28-36-44-52-66(5)6/h65-71,76H,9-64H2,1-8H3,(H,81,82)(H,83,84)/t67?,68?,69-,70-,71-/m1/s1. The number of ether oxygens (including phenoxy) is 4. The Kier molecular flexibility index (Phi) is 63.1. The van der Waals surface area contributed by atoms with Crippen molar-refractivity contribution in [3.05, 3.63) is 0 Å². The SMILES string of the molecule is CCC(C)CCCCCCCCCCCCC(=O)OC[C@H](COP(=O)(O)OC[C@@H](O)COP(=O)(O)OC[C@@H](COC(=O)CCCCCCCCC(C)CC)OC(=O)CCCCCCCCCCCCCC(C)C)OC(=O)CCCCCCCCCCCCCCCC(C)C. The van der Waals surface area contributed by atoms with Crippen molar-refractivity contribution in [3.63, 3.8) is 0 Å². The van der Waals surface area contributed by atoms with Gasteiger partial charge in [-0.1, -0.05) is 325 Å². The van der Waals surface area contributed by atoms with Crippen molar-refractivity contribution in [3.8, 4) is 0 Å². The van der Waals surface area contributed by atoms with Gasteiger partial charge >= 0.3 is 39.5 Å². The number of esters is 4. The molecule has 7 atom stereocenters. The van der Waals surface area contributed by atoms with E-state index in [4.69, 9.17) is 37.0 Å². The number of phosphoric ester groups is 2. The van der Waals surface area contributed by atoms with Gasteiger partial charge in [0.2, 0.25) is 0 Å². The lowest BCUT2D eigenvalue weighted by molar-refractivity contribution is -0.161. The Bertz CT molecular complexity index is 1850. The lowest BCUT2D eigenvalue weighted by Gasteiger charge is -2.21. The molecule has 0 aliphatic heterocycles. The van der Waals surface area contributed by atoms with Crippen LogP contribution in [0.4, 0.5) is 0 Å². The Balaban J connectivity index is 5.27. The van der Waals surface area contributed by atoms with Crippen molar-refractivity contribution in [1.29, 1.82) is 0 Å².